The van der Waals surface area contributed by atoms with E-state index in [1.165, 1.54) is 5.56 Å². The molecular formula is C31H36N4O2S. The van der Waals surface area contributed by atoms with Crippen molar-refractivity contribution in [2.24, 2.45) is 0 Å². The van der Waals surface area contributed by atoms with E-state index in [4.69, 9.17) is 0 Å². The number of hydrazine groups is 1. The summed E-state index contributed by atoms with van der Waals surface area (Å²) < 4.78 is 28.2. The van der Waals surface area contributed by atoms with Crippen molar-refractivity contribution in [2.75, 3.05) is 12.0 Å². The van der Waals surface area contributed by atoms with E-state index in [-0.39, 0.29) is 11.5 Å². The van der Waals surface area contributed by atoms with Gasteiger partial charge in [-0.3, -0.25) is 0 Å². The summed E-state index contributed by atoms with van der Waals surface area (Å²) in [6.07, 6.45) is 5.44. The Morgan fingerprint density at radius 2 is 1.66 bits per heavy atom. The number of para-hydroxylation sites is 1. The zero-order valence-electron chi connectivity index (χ0n) is 22.3. The van der Waals surface area contributed by atoms with Crippen LogP contribution in [0.5, 0.6) is 0 Å². The van der Waals surface area contributed by atoms with Crippen LogP contribution in [0.1, 0.15) is 43.3 Å². The molecule has 7 heteroatoms. The molecular weight excluding hydrogens is 492 g/mol. The van der Waals surface area contributed by atoms with Gasteiger partial charge in [0, 0.05) is 31.4 Å². The van der Waals surface area contributed by atoms with Crippen LogP contribution in [0.4, 0.5) is 5.69 Å². The predicted octanol–water partition coefficient (Wildman–Crippen LogP) is 5.59. The lowest BCUT2D eigenvalue weighted by molar-refractivity contribution is 0.235. The van der Waals surface area contributed by atoms with E-state index in [9.17, 15) is 8.42 Å². The van der Waals surface area contributed by atoms with E-state index in [0.717, 1.165) is 29.1 Å². The minimum atomic E-state index is -3.60. The number of nitrogens with zero attached hydrogens (tertiary/aromatic N) is 2. The lowest BCUT2D eigenvalue weighted by Crippen LogP contribution is -2.47. The van der Waals surface area contributed by atoms with Gasteiger partial charge in [-0.1, -0.05) is 81.4 Å². The quantitative estimate of drug-likeness (QED) is 0.327. The maximum atomic E-state index is 14.1. The average Bonchev–Trinajstić information content (AvgIpc) is 3.33. The number of aromatic amines is 1. The van der Waals surface area contributed by atoms with Crippen LogP contribution in [0.15, 0.2) is 96.2 Å². The third-order valence-electron chi connectivity index (χ3n) is 7.36. The zero-order valence-corrected chi connectivity index (χ0v) is 23.1. The molecule has 0 radical (unpaired) electrons. The Hall–Kier alpha value is -3.42. The summed E-state index contributed by atoms with van der Waals surface area (Å²) in [4.78, 5) is 8.08. The molecule has 0 saturated carbocycles. The normalized spacial score (nSPS) is 17.3. The number of imidazole rings is 1. The first-order chi connectivity index (χ1) is 18.2. The minimum Gasteiger partial charge on any atom is -0.349 e. The Morgan fingerprint density at radius 3 is 2.34 bits per heavy atom. The van der Waals surface area contributed by atoms with Crippen LogP contribution in [0, 0.1) is 0 Å². The highest BCUT2D eigenvalue weighted by Gasteiger charge is 2.35. The van der Waals surface area contributed by atoms with Crippen LogP contribution in [0.2, 0.25) is 0 Å². The van der Waals surface area contributed by atoms with Crippen molar-refractivity contribution in [3.8, 4) is 0 Å². The second-order valence-corrected chi connectivity index (χ2v) is 13.4. The number of H-pyrrole nitrogens is 1. The molecule has 0 saturated heterocycles. The molecule has 5 rings (SSSR count). The van der Waals surface area contributed by atoms with E-state index >= 15 is 0 Å². The molecule has 4 aromatic rings. The largest absolute Gasteiger partial charge is 0.349 e. The fraction of sp³-hybridized carbons (Fsp3) is 0.323. The van der Waals surface area contributed by atoms with Gasteiger partial charge in [-0.05, 0) is 53.1 Å². The van der Waals surface area contributed by atoms with Crippen LogP contribution in [-0.4, -0.2) is 41.2 Å². The molecule has 1 aliphatic heterocycles. The Bertz CT molecular complexity index is 1440. The van der Waals surface area contributed by atoms with Gasteiger partial charge in [0.1, 0.15) is 5.82 Å². The van der Waals surface area contributed by atoms with Gasteiger partial charge in [-0.2, -0.15) is 0 Å². The highest BCUT2D eigenvalue weighted by atomic mass is 32.2. The van der Waals surface area contributed by atoms with Gasteiger partial charge < -0.3 is 10.4 Å². The zero-order chi connectivity index (χ0) is 26.8. The smallest absolute Gasteiger partial charge is 0.182 e. The maximum absolute atomic E-state index is 14.1. The topological polar surface area (TPSA) is 78.1 Å². The monoisotopic (exact) mass is 528 g/mol. The lowest BCUT2D eigenvalue weighted by atomic mass is 9.87. The van der Waals surface area contributed by atoms with Crippen LogP contribution < -0.4 is 5.43 Å². The first-order valence-electron chi connectivity index (χ1n) is 13.2. The minimum absolute atomic E-state index is 0.0179. The van der Waals surface area contributed by atoms with Gasteiger partial charge in [-0.15, -0.1) is 0 Å². The molecule has 0 aliphatic carbocycles. The number of hydrogen-bond donors (Lipinski definition) is 2. The number of fused-ring (bicyclic) bond motifs is 1. The Balaban J connectivity index is 1.51. The van der Waals surface area contributed by atoms with Gasteiger partial charge in [0.15, 0.2) is 9.84 Å². The first-order valence-corrected chi connectivity index (χ1v) is 14.7. The van der Waals surface area contributed by atoms with Crippen LogP contribution in [0.3, 0.4) is 0 Å². The molecule has 2 heterocycles. The number of benzene rings is 3. The second-order valence-electron chi connectivity index (χ2n) is 11.2. The fourth-order valence-electron chi connectivity index (χ4n) is 5.13. The second kappa shape index (κ2) is 10.8. The number of aromatic nitrogens is 2. The molecule has 0 fully saturated rings. The summed E-state index contributed by atoms with van der Waals surface area (Å²) in [5.74, 6) is 0.877. The van der Waals surface area contributed by atoms with Crippen LogP contribution >= 0.6 is 0 Å². The number of sulfone groups is 1. The predicted molar refractivity (Wildman–Crippen MR) is 153 cm³/mol. The maximum Gasteiger partial charge on any atom is 0.182 e. The molecule has 198 valence electrons. The molecule has 2 N–H and O–H groups in total. The van der Waals surface area contributed by atoms with Gasteiger partial charge in [-0.25, -0.2) is 18.4 Å². The van der Waals surface area contributed by atoms with E-state index < -0.39 is 15.1 Å². The van der Waals surface area contributed by atoms with Gasteiger partial charge in [0.25, 0.3) is 0 Å². The molecule has 3 aromatic carbocycles. The summed E-state index contributed by atoms with van der Waals surface area (Å²) in [6.45, 7) is 6.76. The van der Waals surface area contributed by atoms with Crippen molar-refractivity contribution in [3.63, 3.8) is 0 Å². The highest BCUT2D eigenvalue weighted by molar-refractivity contribution is 7.92. The summed E-state index contributed by atoms with van der Waals surface area (Å²) in [6, 6.07) is 25.8. The Labute approximate surface area is 226 Å². The van der Waals surface area contributed by atoms with Crippen LogP contribution in [-0.2, 0) is 34.5 Å². The van der Waals surface area contributed by atoms with Gasteiger partial charge in [0.2, 0.25) is 0 Å². The summed E-state index contributed by atoms with van der Waals surface area (Å²) in [5, 5.41) is 1.52. The van der Waals surface area contributed by atoms with Crippen molar-refractivity contribution in [1.82, 2.24) is 15.0 Å². The summed E-state index contributed by atoms with van der Waals surface area (Å²) in [7, 11) is -3.60. The third kappa shape index (κ3) is 5.84. The van der Waals surface area contributed by atoms with Crippen molar-refractivity contribution in [3.05, 3.63) is 114 Å². The molecule has 0 spiro atoms. The molecule has 1 aromatic heterocycles. The molecule has 6 nitrogen and oxygen atoms in total. The molecule has 0 amide bonds. The van der Waals surface area contributed by atoms with Gasteiger partial charge >= 0.3 is 0 Å². The number of anilines is 1. The van der Waals surface area contributed by atoms with Crippen molar-refractivity contribution in [2.45, 2.75) is 61.6 Å². The van der Waals surface area contributed by atoms with E-state index in [2.05, 4.69) is 53.3 Å². The van der Waals surface area contributed by atoms with Crippen molar-refractivity contribution in [1.29, 1.82) is 0 Å². The van der Waals surface area contributed by atoms with Crippen molar-refractivity contribution >= 4 is 15.5 Å². The fourth-order valence-corrected chi connectivity index (χ4v) is 6.79. The van der Waals surface area contributed by atoms with E-state index in [1.807, 2.05) is 60.8 Å². The molecule has 38 heavy (non-hydrogen) atoms. The van der Waals surface area contributed by atoms with Gasteiger partial charge in [0.05, 0.1) is 15.8 Å². The Morgan fingerprint density at radius 1 is 0.947 bits per heavy atom. The SMILES string of the molecule is CC(C)(C)c1ccc(S(=O)(=O)C2Cc3ccccc3NN(C(Cc3ccccc3)Cc3ncc[nH]3)C2)cc1. The van der Waals surface area contributed by atoms with Crippen LogP contribution in [0.25, 0.3) is 0 Å². The van der Waals surface area contributed by atoms with E-state index in [1.54, 1.807) is 18.3 Å². The number of nitrogens with one attached hydrogen (secondary N) is 2. The lowest BCUT2D eigenvalue weighted by Gasteiger charge is -2.33. The molecule has 0 bridgehead atoms. The highest BCUT2D eigenvalue weighted by Crippen LogP contribution is 2.31. The standard InChI is InChI=1S/C31H36N4O2S/c1-31(2,3)25-13-15-27(16-14-25)38(36,37)28-20-24-11-7-8-12-29(24)34-35(22-28)26(21-30-32-17-18-33-30)19-23-9-5-4-6-10-23/h4-18,26,28,34H,19-22H2,1-3H3,(H,32,33). The number of rotatable bonds is 7. The Kier molecular flexibility index (Phi) is 7.41. The molecule has 1 aliphatic rings. The first kappa shape index (κ1) is 26.2. The summed E-state index contributed by atoms with van der Waals surface area (Å²) >= 11 is 0. The summed E-state index contributed by atoms with van der Waals surface area (Å²) in [5.41, 5.74) is 7.83. The molecule has 2 atom stereocenters. The number of hydrogen-bond acceptors (Lipinski definition) is 5. The average molecular weight is 529 g/mol. The van der Waals surface area contributed by atoms with E-state index in [0.29, 0.717) is 24.3 Å². The third-order valence-corrected chi connectivity index (χ3v) is 9.48. The molecule has 2 unspecified atom stereocenters. The van der Waals surface area contributed by atoms with Crippen molar-refractivity contribution < 1.29 is 8.42 Å².